The third kappa shape index (κ3) is 22.5. The topological polar surface area (TPSA) is 269 Å². The van der Waals surface area contributed by atoms with Crippen LogP contribution in [0.25, 0.3) is 44.3 Å². The Hall–Kier alpha value is -13.2. The summed E-state index contributed by atoms with van der Waals surface area (Å²) in [6, 6.07) is 48.2. The predicted molar refractivity (Wildman–Crippen MR) is 469 cm³/mol. The molecule has 2 unspecified atom stereocenters. The molecule has 13 aromatic rings. The number of ketones is 2. The van der Waals surface area contributed by atoms with Gasteiger partial charge in [0.15, 0.2) is 31.2 Å². The molecule has 0 spiro atoms. The minimum atomic E-state index is -4.63. The van der Waals surface area contributed by atoms with Crippen LogP contribution < -0.4 is 16.0 Å². The lowest BCUT2D eigenvalue weighted by Crippen LogP contribution is -2.34. The summed E-state index contributed by atoms with van der Waals surface area (Å²) in [7, 11) is -5.80. The largest absolute Gasteiger partial charge is 0.435 e. The van der Waals surface area contributed by atoms with Crippen molar-refractivity contribution < 1.29 is 93.5 Å². The van der Waals surface area contributed by atoms with Gasteiger partial charge in [0.2, 0.25) is 11.8 Å². The van der Waals surface area contributed by atoms with Crippen LogP contribution in [0.1, 0.15) is 160 Å². The zero-order valence-corrected chi connectivity index (χ0v) is 73.5. The van der Waals surface area contributed by atoms with Crippen molar-refractivity contribution in [3.63, 3.8) is 0 Å². The number of amides is 3. The first-order valence-corrected chi connectivity index (χ1v) is 45.9. The number of aromatic nitrogens is 8. The van der Waals surface area contributed by atoms with E-state index in [9.17, 15) is 84.7 Å². The van der Waals surface area contributed by atoms with E-state index in [-0.39, 0.29) is 95.7 Å². The molecule has 1 fully saturated rings. The average molecular weight is 1860 g/mol. The number of carbonyl (C=O) groups is 5. The summed E-state index contributed by atoms with van der Waals surface area (Å²) in [6.45, 7) is 4.25. The van der Waals surface area contributed by atoms with Crippen LogP contribution in [0.3, 0.4) is 0 Å². The number of nitrogens with one attached hydrogen (secondary N) is 3. The Morgan fingerprint density at radius 2 is 1.08 bits per heavy atom. The normalized spacial score (nSPS) is 15.1. The van der Waals surface area contributed by atoms with Crippen LogP contribution in [0.5, 0.6) is 0 Å². The van der Waals surface area contributed by atoms with Crippen molar-refractivity contribution in [1.29, 1.82) is 0 Å². The van der Waals surface area contributed by atoms with Gasteiger partial charge in [0.25, 0.3) is 18.3 Å². The molecule has 34 heteroatoms. The highest BCUT2D eigenvalue weighted by molar-refractivity contribution is 7.92. The molecule has 0 saturated heterocycles. The van der Waals surface area contributed by atoms with Crippen LogP contribution in [-0.4, -0.2) is 104 Å². The van der Waals surface area contributed by atoms with E-state index in [1.54, 1.807) is 93.1 Å². The van der Waals surface area contributed by atoms with Crippen LogP contribution in [0.2, 0.25) is 0 Å². The molecular formula is C98H89F12N11O9S2. The summed E-state index contributed by atoms with van der Waals surface area (Å²) >= 11 is 0. The highest BCUT2D eigenvalue weighted by Crippen LogP contribution is 2.68. The van der Waals surface area contributed by atoms with Gasteiger partial charge in [-0.2, -0.15) is 32.1 Å². The third-order valence-electron chi connectivity index (χ3n) is 23.1. The van der Waals surface area contributed by atoms with E-state index in [1.165, 1.54) is 66.9 Å². The van der Waals surface area contributed by atoms with E-state index in [0.29, 0.717) is 103 Å². The number of pyridine rings is 3. The van der Waals surface area contributed by atoms with Gasteiger partial charge in [0, 0.05) is 119 Å². The minimum absolute atomic E-state index is 0.00488. The molecule has 5 atom stereocenters. The molecular weight excluding hydrogens is 1770 g/mol. The molecule has 6 aromatic heterocycles. The quantitative estimate of drug-likeness (QED) is 0.0353. The van der Waals surface area contributed by atoms with Crippen LogP contribution in [0.4, 0.5) is 52.7 Å². The summed E-state index contributed by atoms with van der Waals surface area (Å²) in [5.41, 5.74) is 6.01. The Labute approximate surface area is 752 Å². The van der Waals surface area contributed by atoms with Crippen molar-refractivity contribution in [3.05, 3.63) is 327 Å². The monoisotopic (exact) mass is 1860 g/mol. The molecule has 686 valence electrons. The molecule has 0 aliphatic heterocycles. The maximum absolute atomic E-state index is 15.2. The lowest BCUT2D eigenvalue weighted by molar-refractivity contribution is -0.142. The summed E-state index contributed by atoms with van der Waals surface area (Å²) < 4.78 is 223. The van der Waals surface area contributed by atoms with Crippen molar-refractivity contribution in [2.45, 2.75) is 157 Å². The number of sulfone groups is 2. The Bertz CT molecular complexity index is 6700. The van der Waals surface area contributed by atoms with Crippen LogP contribution in [-0.2, 0) is 103 Å². The Balaban J connectivity index is 0.000000161. The highest BCUT2D eigenvalue weighted by Gasteiger charge is 2.67. The molecule has 3 aliphatic carbocycles. The third-order valence-corrected chi connectivity index (χ3v) is 25.9. The van der Waals surface area contributed by atoms with Crippen molar-refractivity contribution in [2.75, 3.05) is 19.1 Å². The molecule has 0 bridgehead atoms. The number of Topliss-reactive ketones (excluding diaryl/α,β-unsaturated/α-hetero) is 2. The number of hydrogen-bond donors (Lipinski definition) is 3. The number of alkyl halides is 7. The first-order chi connectivity index (χ1) is 62.7. The van der Waals surface area contributed by atoms with Gasteiger partial charge in [-0.3, -0.25) is 48.3 Å². The first-order valence-electron chi connectivity index (χ1n) is 42.3. The van der Waals surface area contributed by atoms with Crippen LogP contribution >= 0.6 is 0 Å². The zero-order chi connectivity index (χ0) is 94.4. The van der Waals surface area contributed by atoms with Crippen molar-refractivity contribution in [2.24, 2.45) is 11.8 Å². The number of nitrogens with zero attached hydrogens (tertiary/aromatic N) is 8. The highest BCUT2D eigenvalue weighted by atomic mass is 32.2. The number of rotatable bonds is 30. The molecule has 7 aromatic carbocycles. The molecule has 16 rings (SSSR count). The maximum Gasteiger partial charge on any atom is 0.435 e. The standard InChI is InChI=1S/C36H33F6N3O4S.C31H30F4N4O3S.C31H26F2N4O2/c1-19(2)10-26(47)18-50(48,49)27-7-5-21(6-8-27)28-4-3-9-43-32(28)22(11-20-12-23(37)15-24(38)13-20)14-25(46)17-45-34-31(33(44-45)35(39)40)29-16-30(29)36(34,41)42;1-19-14-20(16-22(32)15-19)17-26(29-24(7-5-13-36-29)21-9-11-23(12-10-21)43(2,41)42)37-28(40)18-39-27-8-4-3-6-25(27)30(38-39)31(33,34)35;1-34-31(39)23-8-4-7-22(17-23)26-9-5-12-35-30(26)27(16-20-14-24(32)18-25(33)15-20)36-29(38)19-37-13-11-21-6-2-3-10-28(21)37/h3-9,12-13,15,19,22,29-30,35H,10-11,14,16-18H2,1-2H3;5,7,9-16,26H,3-4,6,8,17-18H2,1-2H3,(H,37,40);2-15,17-18,27H,16,19H2,1H3,(H,34,39)(H,36,38)/t22-,29?,30?;26-;27-/m100/s1. The minimum Gasteiger partial charge on any atom is -0.355 e. The van der Waals surface area contributed by atoms with Crippen LogP contribution in [0.15, 0.2) is 229 Å². The second-order valence-corrected chi connectivity index (χ2v) is 37.5. The lowest BCUT2D eigenvalue weighted by atomic mass is 9.87. The van der Waals surface area contributed by atoms with Crippen molar-refractivity contribution in [1.82, 2.24) is 55.0 Å². The van der Waals surface area contributed by atoms with Gasteiger partial charge in [-0.15, -0.1) is 0 Å². The SMILES string of the molecule is CC(C)CC(=O)CS(=O)(=O)c1ccc(-c2cccnc2[C@@H](CC(=O)Cn2nc(C(F)F)c3c2C(F)(F)C2CC32)Cc2cc(F)cc(F)c2)cc1.CNC(=O)c1cccc(-c2cccnc2[C@H](Cc2cc(F)cc(F)c2)NC(=O)Cn2ccc3ccccc32)c1.Cc1cc(F)cc(C[C@H](NC(=O)Cn2nc(C(F)(F)F)c3c2CCCC3)c2ncccc2-c2ccc(S(C)(=O)=O)cc2)c1. The van der Waals surface area contributed by atoms with Crippen LogP contribution in [0, 0.1) is 47.8 Å². The molecule has 6 heterocycles. The van der Waals surface area contributed by atoms with Gasteiger partial charge >= 0.3 is 6.18 Å². The lowest BCUT2D eigenvalue weighted by Gasteiger charge is -2.22. The van der Waals surface area contributed by atoms with Gasteiger partial charge in [-0.25, -0.2) is 47.6 Å². The number of hydrogen-bond acceptors (Lipinski definition) is 14. The second-order valence-electron chi connectivity index (χ2n) is 33.5. The van der Waals surface area contributed by atoms with E-state index in [0.717, 1.165) is 45.6 Å². The van der Waals surface area contributed by atoms with Gasteiger partial charge in [-0.05, 0) is 218 Å². The average Bonchev–Trinajstić information content (AvgIpc) is 1.52. The summed E-state index contributed by atoms with van der Waals surface area (Å²) in [4.78, 5) is 78.5. The van der Waals surface area contributed by atoms with Gasteiger partial charge in [-0.1, -0.05) is 92.7 Å². The molecule has 3 N–H and O–H groups in total. The van der Waals surface area contributed by atoms with Crippen molar-refractivity contribution >= 4 is 59.9 Å². The van der Waals surface area contributed by atoms with Gasteiger partial charge < -0.3 is 20.5 Å². The smallest absolute Gasteiger partial charge is 0.355 e. The zero-order valence-electron chi connectivity index (χ0n) is 71.8. The number of aryl methyl sites for hydroxylation is 1. The van der Waals surface area contributed by atoms with Gasteiger partial charge in [0.1, 0.15) is 71.6 Å². The fourth-order valence-electron chi connectivity index (χ4n) is 17.4. The predicted octanol–water partition coefficient (Wildman–Crippen LogP) is 19.0. The second kappa shape index (κ2) is 39.8. The molecule has 1 saturated carbocycles. The molecule has 132 heavy (non-hydrogen) atoms. The number of benzene rings is 7. The number of carbonyl (C=O) groups excluding carboxylic acids is 5. The maximum atomic E-state index is 15.2. The summed E-state index contributed by atoms with van der Waals surface area (Å²) in [5, 5.41) is 17.1. The number of halogens is 12. The molecule has 3 aliphatic rings. The Kier molecular flexibility index (Phi) is 28.6. The fraction of sp³-hybridized carbons (Fsp3) is 0.286. The van der Waals surface area contributed by atoms with Crippen molar-refractivity contribution in [3.8, 4) is 33.4 Å². The molecule has 20 nitrogen and oxygen atoms in total. The van der Waals surface area contributed by atoms with E-state index in [1.807, 2.05) is 67.1 Å². The number of para-hydroxylation sites is 1. The fourth-order valence-corrected chi connectivity index (χ4v) is 19.3. The molecule has 0 radical (unpaired) electrons. The number of fused-ring (bicyclic) bond motifs is 5. The van der Waals surface area contributed by atoms with E-state index < -0.39 is 151 Å². The molecule has 3 amide bonds. The van der Waals surface area contributed by atoms with E-state index in [4.69, 9.17) is 0 Å². The Morgan fingerprint density at radius 1 is 0.545 bits per heavy atom. The summed E-state index contributed by atoms with van der Waals surface area (Å²) in [5.74, 6) is -12.5. The van der Waals surface area contributed by atoms with Gasteiger partial charge in [0.05, 0.1) is 39.0 Å². The van der Waals surface area contributed by atoms with E-state index in [2.05, 4.69) is 41.1 Å². The van der Waals surface area contributed by atoms with E-state index >= 15 is 8.78 Å². The summed E-state index contributed by atoms with van der Waals surface area (Å²) in [6.07, 6.45) is 1.69. The first kappa shape index (κ1) is 94.9. The Morgan fingerprint density at radius 3 is 1.65 bits per heavy atom.